The van der Waals surface area contributed by atoms with Crippen LogP contribution in [-0.4, -0.2) is 16.8 Å². The minimum Gasteiger partial charge on any atom is -0.449 e. The number of aromatic nitrogens is 2. The van der Waals surface area contributed by atoms with E-state index in [1.807, 2.05) is 0 Å². The predicted octanol–water partition coefficient (Wildman–Crippen LogP) is 1.35. The van der Waals surface area contributed by atoms with Crippen LogP contribution in [0, 0.1) is 0 Å². The summed E-state index contributed by atoms with van der Waals surface area (Å²) in [7, 11) is 1.59. The molecule has 2 nitrogen and oxygen atoms in total. The van der Waals surface area contributed by atoms with E-state index in [9.17, 15) is 12.9 Å². The highest BCUT2D eigenvalue weighted by atomic mass is 19.4. The van der Waals surface area contributed by atoms with Gasteiger partial charge < -0.3 is 12.9 Å². The highest BCUT2D eigenvalue weighted by Gasteiger charge is 2.24. The lowest BCUT2D eigenvalue weighted by atomic mass is 9.84. The van der Waals surface area contributed by atoms with Gasteiger partial charge in [-0.1, -0.05) is 0 Å². The molecule has 0 saturated carbocycles. The van der Waals surface area contributed by atoms with Crippen LogP contribution in [-0.2, 0) is 13.4 Å². The van der Waals surface area contributed by atoms with Gasteiger partial charge in [0.15, 0.2) is 0 Å². The van der Waals surface area contributed by atoms with Crippen molar-refractivity contribution in [2.24, 2.45) is 7.05 Å². The standard InChI is InChI=1S/C5H7BF3N2/c1-11-3-2-5(10-11)4-6(7,8)9/h2-3H,4H2,1H3/q-1. The summed E-state index contributed by atoms with van der Waals surface area (Å²) in [4.78, 5) is 0. The largest absolute Gasteiger partial charge is 0.484 e. The van der Waals surface area contributed by atoms with E-state index < -0.39 is 13.3 Å². The highest BCUT2D eigenvalue weighted by Crippen LogP contribution is 2.13. The van der Waals surface area contributed by atoms with Gasteiger partial charge in [-0.05, 0) is 12.4 Å². The van der Waals surface area contributed by atoms with Crippen molar-refractivity contribution in [2.75, 3.05) is 0 Å². The van der Waals surface area contributed by atoms with Crippen molar-refractivity contribution >= 4 is 6.98 Å². The maximum absolute atomic E-state index is 11.8. The molecule has 0 aliphatic rings. The van der Waals surface area contributed by atoms with Gasteiger partial charge in [0.1, 0.15) is 0 Å². The average Bonchev–Trinajstić information content (AvgIpc) is 2.10. The Labute approximate surface area is 62.1 Å². The molecule has 0 N–H and O–H groups in total. The second kappa shape index (κ2) is 2.60. The summed E-state index contributed by atoms with van der Waals surface area (Å²) < 4.78 is 36.6. The highest BCUT2D eigenvalue weighted by molar-refractivity contribution is 6.57. The van der Waals surface area contributed by atoms with Crippen molar-refractivity contribution in [3.63, 3.8) is 0 Å². The van der Waals surface area contributed by atoms with Crippen LogP contribution in [0.15, 0.2) is 12.3 Å². The van der Waals surface area contributed by atoms with Crippen LogP contribution in [0.3, 0.4) is 0 Å². The first-order valence-corrected chi connectivity index (χ1v) is 3.17. The molecule has 11 heavy (non-hydrogen) atoms. The van der Waals surface area contributed by atoms with Crippen LogP contribution >= 0.6 is 0 Å². The Morgan fingerprint density at radius 1 is 1.55 bits per heavy atom. The fourth-order valence-corrected chi connectivity index (χ4v) is 0.809. The normalized spacial score (nSPS) is 12.0. The van der Waals surface area contributed by atoms with Gasteiger partial charge in [-0.25, -0.2) is 0 Å². The van der Waals surface area contributed by atoms with Gasteiger partial charge in [-0.2, -0.15) is 5.10 Å². The monoisotopic (exact) mass is 163 g/mol. The van der Waals surface area contributed by atoms with E-state index in [1.165, 1.54) is 16.9 Å². The maximum atomic E-state index is 11.8. The first-order valence-electron chi connectivity index (χ1n) is 3.17. The maximum Gasteiger partial charge on any atom is 0.484 e. The molecule has 0 unspecified atom stereocenters. The molecule has 0 fully saturated rings. The molecule has 1 aromatic rings. The van der Waals surface area contributed by atoms with Gasteiger partial charge in [-0.15, -0.1) is 0 Å². The second-order valence-electron chi connectivity index (χ2n) is 2.40. The van der Waals surface area contributed by atoms with Gasteiger partial charge in [0.2, 0.25) is 0 Å². The lowest BCUT2D eigenvalue weighted by Gasteiger charge is -2.10. The topological polar surface area (TPSA) is 17.8 Å². The van der Waals surface area contributed by atoms with Crippen LogP contribution in [0.1, 0.15) is 5.69 Å². The van der Waals surface area contributed by atoms with E-state index in [-0.39, 0.29) is 5.69 Å². The Morgan fingerprint density at radius 3 is 2.55 bits per heavy atom. The lowest BCUT2D eigenvalue weighted by Crippen LogP contribution is -2.19. The van der Waals surface area contributed by atoms with Crippen molar-refractivity contribution in [1.29, 1.82) is 0 Å². The van der Waals surface area contributed by atoms with Crippen LogP contribution in [0.25, 0.3) is 0 Å². The molecular formula is C5H7BF3N2-. The van der Waals surface area contributed by atoms with Crippen LogP contribution in [0.5, 0.6) is 0 Å². The Bertz CT molecular complexity index is 242. The minimum absolute atomic E-state index is 0.0833. The Balaban J connectivity index is 2.65. The number of aryl methyl sites for hydroxylation is 1. The van der Waals surface area contributed by atoms with Crippen LogP contribution in [0.2, 0.25) is 0 Å². The summed E-state index contributed by atoms with van der Waals surface area (Å²) in [6, 6.07) is 1.37. The van der Waals surface area contributed by atoms with Crippen LogP contribution in [0.4, 0.5) is 12.9 Å². The average molecular weight is 163 g/mol. The molecule has 0 saturated heterocycles. The molecule has 0 aliphatic heterocycles. The van der Waals surface area contributed by atoms with Crippen molar-refractivity contribution in [3.05, 3.63) is 18.0 Å². The molecule has 0 atom stereocenters. The van der Waals surface area contributed by atoms with Crippen molar-refractivity contribution in [3.8, 4) is 0 Å². The second-order valence-corrected chi connectivity index (χ2v) is 2.40. The van der Waals surface area contributed by atoms with E-state index in [0.29, 0.717) is 0 Å². The summed E-state index contributed by atoms with van der Waals surface area (Å²) in [5.74, 6) is 0. The lowest BCUT2D eigenvalue weighted by molar-refractivity contribution is 0.466. The third-order valence-corrected chi connectivity index (χ3v) is 1.21. The zero-order valence-corrected chi connectivity index (χ0v) is 5.97. The van der Waals surface area contributed by atoms with E-state index in [2.05, 4.69) is 5.10 Å². The molecular weight excluding hydrogens is 156 g/mol. The van der Waals surface area contributed by atoms with Gasteiger partial charge in [0.25, 0.3) is 0 Å². The molecule has 0 aromatic carbocycles. The quantitative estimate of drug-likeness (QED) is 0.601. The van der Waals surface area contributed by atoms with E-state index >= 15 is 0 Å². The van der Waals surface area contributed by atoms with Gasteiger partial charge >= 0.3 is 6.98 Å². The SMILES string of the molecule is Cn1ccc(C[B-](F)(F)F)n1. The van der Waals surface area contributed by atoms with Crippen LogP contribution < -0.4 is 0 Å². The summed E-state index contributed by atoms with van der Waals surface area (Å²) >= 11 is 0. The predicted molar refractivity (Wildman–Crippen MR) is 36.0 cm³/mol. The number of hydrogen-bond acceptors (Lipinski definition) is 1. The summed E-state index contributed by atoms with van der Waals surface area (Å²) in [6.07, 6.45) is 0.609. The Hall–Kier alpha value is -0.935. The minimum atomic E-state index is -4.74. The molecule has 0 radical (unpaired) electrons. The van der Waals surface area contributed by atoms with Crippen molar-refractivity contribution < 1.29 is 12.9 Å². The Kier molecular flexibility index (Phi) is 1.93. The number of hydrogen-bond donors (Lipinski definition) is 0. The molecule has 0 spiro atoms. The summed E-state index contributed by atoms with van der Waals surface area (Å²) in [5, 5.41) is 3.61. The van der Waals surface area contributed by atoms with Gasteiger partial charge in [0.05, 0.1) is 0 Å². The fourth-order valence-electron chi connectivity index (χ4n) is 0.809. The zero-order valence-electron chi connectivity index (χ0n) is 5.97. The van der Waals surface area contributed by atoms with Crippen molar-refractivity contribution in [1.82, 2.24) is 9.78 Å². The first-order chi connectivity index (χ1) is 4.97. The molecule has 0 amide bonds. The van der Waals surface area contributed by atoms with Crippen molar-refractivity contribution in [2.45, 2.75) is 6.32 Å². The third kappa shape index (κ3) is 2.65. The van der Waals surface area contributed by atoms with E-state index in [0.717, 1.165) is 0 Å². The number of rotatable bonds is 2. The van der Waals surface area contributed by atoms with E-state index in [4.69, 9.17) is 0 Å². The molecule has 62 valence electrons. The fraction of sp³-hybridized carbons (Fsp3) is 0.400. The molecule has 0 bridgehead atoms. The summed E-state index contributed by atoms with van der Waals surface area (Å²) in [5.41, 5.74) is 0.0833. The molecule has 1 heterocycles. The third-order valence-electron chi connectivity index (χ3n) is 1.21. The number of nitrogens with zero attached hydrogens (tertiary/aromatic N) is 2. The molecule has 1 aromatic heterocycles. The molecule has 1 rings (SSSR count). The number of halogens is 3. The smallest absolute Gasteiger partial charge is 0.449 e. The molecule has 0 aliphatic carbocycles. The zero-order chi connectivity index (χ0) is 8.48. The van der Waals surface area contributed by atoms with Gasteiger partial charge in [-0.3, -0.25) is 4.68 Å². The first kappa shape index (κ1) is 8.16. The Morgan fingerprint density at radius 2 is 2.18 bits per heavy atom. The molecule has 6 heteroatoms. The summed E-state index contributed by atoms with van der Waals surface area (Å²) in [6.45, 7) is -4.74. The van der Waals surface area contributed by atoms with Gasteiger partial charge in [0, 0.05) is 18.9 Å². The van der Waals surface area contributed by atoms with E-state index in [1.54, 1.807) is 7.05 Å².